The van der Waals surface area contributed by atoms with Crippen LogP contribution < -0.4 is 27.8 Å². The molecule has 19 heteroatoms. The maximum absolute atomic E-state index is 11.6. The Hall–Kier alpha value is -1.21. The lowest BCUT2D eigenvalue weighted by Gasteiger charge is -2.48. The zero-order chi connectivity index (χ0) is 34.3. The van der Waals surface area contributed by atoms with E-state index in [1.807, 2.05) is 0 Å². The minimum atomic E-state index is -2.05. The lowest BCUT2D eigenvalue weighted by molar-refractivity contribution is -0.306. The van der Waals surface area contributed by atoms with Crippen molar-refractivity contribution in [1.82, 2.24) is 10.6 Å². The Balaban J connectivity index is 1.86. The van der Waals surface area contributed by atoms with Crippen LogP contribution in [-0.2, 0) is 18.9 Å². The summed E-state index contributed by atoms with van der Waals surface area (Å²) in [6.45, 7) is 1.08. The van der Waals surface area contributed by atoms with E-state index < -0.39 is 104 Å². The lowest BCUT2D eigenvalue weighted by Crippen LogP contribution is -2.67. The minimum Gasteiger partial charge on any atom is -0.395 e. The van der Waals surface area contributed by atoms with E-state index in [1.165, 1.54) is 14.0 Å². The van der Waals surface area contributed by atoms with Crippen molar-refractivity contribution in [2.24, 2.45) is 22.2 Å². The van der Waals surface area contributed by atoms with Gasteiger partial charge in [0.15, 0.2) is 12.6 Å². The zero-order valence-corrected chi connectivity index (χ0v) is 26.2. The summed E-state index contributed by atoms with van der Waals surface area (Å²) < 4.78 is 23.9. The molecular formula is C27H54N6O13. The molecule has 2 aliphatic heterocycles. The van der Waals surface area contributed by atoms with Crippen molar-refractivity contribution in [2.45, 2.75) is 123 Å². The highest BCUT2D eigenvalue weighted by Crippen LogP contribution is 2.33. The molecule has 0 radical (unpaired) electrons. The van der Waals surface area contributed by atoms with Gasteiger partial charge < -0.3 is 92.7 Å². The van der Waals surface area contributed by atoms with E-state index in [4.69, 9.17) is 46.4 Å². The van der Waals surface area contributed by atoms with Gasteiger partial charge in [-0.2, -0.15) is 0 Å². The van der Waals surface area contributed by atoms with Gasteiger partial charge in [0.25, 0.3) is 0 Å². The molecule has 3 fully saturated rings. The molecule has 3 rings (SSSR count). The van der Waals surface area contributed by atoms with Crippen LogP contribution in [0.15, 0.2) is 4.99 Å². The molecule has 4 unspecified atom stereocenters. The molecule has 270 valence electrons. The molecule has 16 atom stereocenters. The third-order valence-corrected chi connectivity index (χ3v) is 8.74. The standard InChI is InChI=1S/C27H54N6O13/c1-27(42)10-43-26(20(41)23(27)31-2)46-22-14(33-24(30)18(39)17(38)16(37)15(36)9-35)7-13(29)21(19(22)40)45-25-12(28)4-3-11(44-25)8-32-5-6-34/h11-23,25-26,31-32,34-42H,3-10,28-29H2,1-2H3,(H2,30,33)/t11-,12+,13-,14+,15?,16?,17?,18?,19-,20+,21+,22-,23+,25+,26+,27-/m0/s1. The highest BCUT2D eigenvalue weighted by atomic mass is 16.7. The van der Waals surface area contributed by atoms with Crippen LogP contribution in [0, 0.1) is 0 Å². The van der Waals surface area contributed by atoms with Gasteiger partial charge in [0, 0.05) is 19.1 Å². The summed E-state index contributed by atoms with van der Waals surface area (Å²) in [7, 11) is 1.53. The highest BCUT2D eigenvalue weighted by molar-refractivity contribution is 5.85. The van der Waals surface area contributed by atoms with Crippen LogP contribution >= 0.6 is 0 Å². The Morgan fingerprint density at radius 2 is 1.67 bits per heavy atom. The molecule has 1 saturated carbocycles. The first-order valence-corrected chi connectivity index (χ1v) is 15.5. The summed E-state index contributed by atoms with van der Waals surface area (Å²) in [5.74, 6) is -0.605. The zero-order valence-electron chi connectivity index (χ0n) is 26.2. The first kappa shape index (κ1) is 39.2. The van der Waals surface area contributed by atoms with E-state index in [1.54, 1.807) is 0 Å². The number of nitrogens with zero attached hydrogens (tertiary/aromatic N) is 1. The van der Waals surface area contributed by atoms with Gasteiger partial charge in [0.05, 0.1) is 44.1 Å². The predicted molar refractivity (Wildman–Crippen MR) is 160 cm³/mol. The molecule has 0 aromatic carbocycles. The maximum Gasteiger partial charge on any atom is 0.185 e. The molecule has 0 aromatic rings. The Morgan fingerprint density at radius 3 is 2.30 bits per heavy atom. The largest absolute Gasteiger partial charge is 0.395 e. The normalized spacial score (nSPS) is 41.9. The number of ether oxygens (including phenoxy) is 4. The van der Waals surface area contributed by atoms with Gasteiger partial charge in [0.2, 0.25) is 0 Å². The molecule has 46 heavy (non-hydrogen) atoms. The number of nitrogens with one attached hydrogen (secondary N) is 2. The minimum absolute atomic E-state index is 0.0436. The second-order valence-electron chi connectivity index (χ2n) is 12.5. The highest BCUT2D eigenvalue weighted by Gasteiger charge is 2.52. The van der Waals surface area contributed by atoms with Crippen molar-refractivity contribution < 1.29 is 64.9 Å². The second kappa shape index (κ2) is 17.4. The Morgan fingerprint density at radius 1 is 1.00 bits per heavy atom. The second-order valence-corrected chi connectivity index (χ2v) is 12.5. The van der Waals surface area contributed by atoms with E-state index in [-0.39, 0.29) is 25.7 Å². The first-order valence-electron chi connectivity index (χ1n) is 15.5. The third-order valence-electron chi connectivity index (χ3n) is 8.74. The van der Waals surface area contributed by atoms with Crippen molar-refractivity contribution in [3.8, 4) is 0 Å². The van der Waals surface area contributed by atoms with Crippen LogP contribution in [0.25, 0.3) is 0 Å². The third kappa shape index (κ3) is 9.48. The van der Waals surface area contributed by atoms with Crippen LogP contribution in [0.4, 0.5) is 0 Å². The summed E-state index contributed by atoms with van der Waals surface area (Å²) >= 11 is 0. The molecule has 17 N–H and O–H groups in total. The van der Waals surface area contributed by atoms with E-state index in [0.29, 0.717) is 25.9 Å². The molecule has 0 amide bonds. The van der Waals surface area contributed by atoms with Crippen LogP contribution in [-0.4, -0.2) is 189 Å². The van der Waals surface area contributed by atoms with Crippen LogP contribution in [0.2, 0.25) is 0 Å². The van der Waals surface area contributed by atoms with E-state index >= 15 is 0 Å². The molecular weight excluding hydrogens is 616 g/mol. The van der Waals surface area contributed by atoms with Crippen LogP contribution in [0.5, 0.6) is 0 Å². The molecule has 19 nitrogen and oxygen atoms in total. The number of rotatable bonds is 15. The van der Waals surface area contributed by atoms with Gasteiger partial charge in [-0.25, -0.2) is 0 Å². The fourth-order valence-electron chi connectivity index (χ4n) is 6.03. The Bertz CT molecular complexity index is 956. The SMILES string of the molecule is CN[C@@H]1[C@@H](O)[C@@H](O[C@@H]2[C@@H](O)[C@H](O[C@H]3O[C@H](CNCCO)CC[C@H]3N)[C@@H](N)C[C@H]2N=C(N)C(O)C(O)C(O)C(O)CO)OC[C@]1(C)O. The van der Waals surface area contributed by atoms with E-state index in [0.717, 1.165) is 0 Å². The number of amidine groups is 1. The van der Waals surface area contributed by atoms with Crippen molar-refractivity contribution >= 4 is 5.84 Å². The van der Waals surface area contributed by atoms with Gasteiger partial charge in [0.1, 0.15) is 60.3 Å². The monoisotopic (exact) mass is 670 g/mol. The Labute approximate surface area is 267 Å². The topological polar surface area (TPSA) is 333 Å². The molecule has 1 aliphatic carbocycles. The number of aliphatic hydroxyl groups is 9. The molecule has 0 spiro atoms. The fourth-order valence-corrected chi connectivity index (χ4v) is 6.03. The number of nitrogens with two attached hydrogens (primary N) is 3. The number of hydrogen-bond acceptors (Lipinski definition) is 18. The average Bonchev–Trinajstić information content (AvgIpc) is 3.01. The van der Waals surface area contributed by atoms with Gasteiger partial charge in [-0.05, 0) is 33.2 Å². The maximum atomic E-state index is 11.6. The summed E-state index contributed by atoms with van der Waals surface area (Å²) in [5, 5.41) is 97.9. The molecule has 0 bridgehead atoms. The Kier molecular flexibility index (Phi) is 14.9. The quantitative estimate of drug-likeness (QED) is 0.0437. The van der Waals surface area contributed by atoms with Gasteiger partial charge >= 0.3 is 0 Å². The van der Waals surface area contributed by atoms with Crippen molar-refractivity contribution in [3.63, 3.8) is 0 Å². The smallest absolute Gasteiger partial charge is 0.185 e. The lowest BCUT2D eigenvalue weighted by atomic mass is 9.83. The first-order chi connectivity index (χ1) is 21.7. The fraction of sp³-hybridized carbons (Fsp3) is 0.963. The average molecular weight is 671 g/mol. The molecule has 0 aromatic heterocycles. The van der Waals surface area contributed by atoms with Gasteiger partial charge in [-0.3, -0.25) is 4.99 Å². The number of hydrogen-bond donors (Lipinski definition) is 14. The number of aliphatic hydroxyl groups excluding tert-OH is 8. The van der Waals surface area contributed by atoms with Gasteiger partial charge in [-0.1, -0.05) is 0 Å². The predicted octanol–water partition coefficient (Wildman–Crippen LogP) is -7.52. The number of aliphatic imine (C=N–C) groups is 1. The molecule has 2 saturated heterocycles. The van der Waals surface area contributed by atoms with Crippen LogP contribution in [0.1, 0.15) is 26.2 Å². The van der Waals surface area contributed by atoms with Crippen molar-refractivity contribution in [3.05, 3.63) is 0 Å². The summed E-state index contributed by atoms with van der Waals surface area (Å²) in [4.78, 5) is 4.24. The van der Waals surface area contributed by atoms with Crippen LogP contribution in [0.3, 0.4) is 0 Å². The van der Waals surface area contributed by atoms with Crippen molar-refractivity contribution in [1.29, 1.82) is 0 Å². The molecule has 2 heterocycles. The summed E-state index contributed by atoms with van der Waals surface area (Å²) in [5.41, 5.74) is 17.2. The summed E-state index contributed by atoms with van der Waals surface area (Å²) in [6, 6.07) is -3.50. The van der Waals surface area contributed by atoms with Gasteiger partial charge in [-0.15, -0.1) is 0 Å². The van der Waals surface area contributed by atoms with E-state index in [9.17, 15) is 35.7 Å². The summed E-state index contributed by atoms with van der Waals surface area (Å²) in [6.07, 6.45) is -14.9. The van der Waals surface area contributed by atoms with E-state index in [2.05, 4.69) is 15.6 Å². The number of likely N-dealkylation sites (N-methyl/N-ethyl adjacent to an activating group) is 1. The van der Waals surface area contributed by atoms with Crippen molar-refractivity contribution in [2.75, 3.05) is 40.0 Å². The molecule has 3 aliphatic rings.